The third-order valence-electron chi connectivity index (χ3n) is 3.03. The highest BCUT2D eigenvalue weighted by atomic mass is 16.6. The number of nitrogens with zero attached hydrogens (tertiary/aromatic N) is 3. The van der Waals surface area contributed by atoms with Crippen LogP contribution in [0.1, 0.15) is 59.2 Å². The molecule has 1 aromatic heterocycles. The standard InChI is InChI=1S/C17H32N6O3/c1-7-18-15(20-10-11-21-16(24)25-17(4,5)6)19-9-8-13-22-14(12(2)3)23-26-13/h12H,7-11H2,1-6H3,(H,21,24)(H2,18,19,20). The molecule has 0 aliphatic rings. The molecule has 0 aliphatic heterocycles. The van der Waals surface area contributed by atoms with Crippen LogP contribution in [0.15, 0.2) is 9.52 Å². The molecular weight excluding hydrogens is 336 g/mol. The minimum atomic E-state index is -0.502. The van der Waals surface area contributed by atoms with Crippen molar-refractivity contribution in [3.8, 4) is 0 Å². The van der Waals surface area contributed by atoms with Gasteiger partial charge in [-0.15, -0.1) is 0 Å². The number of ether oxygens (including phenoxy) is 1. The number of carbonyl (C=O) groups excluding carboxylic acids is 1. The van der Waals surface area contributed by atoms with Crippen molar-refractivity contribution in [1.29, 1.82) is 0 Å². The Labute approximate surface area is 155 Å². The van der Waals surface area contributed by atoms with Crippen LogP contribution in [-0.4, -0.2) is 54.0 Å². The highest BCUT2D eigenvalue weighted by Crippen LogP contribution is 2.09. The molecule has 3 N–H and O–H groups in total. The Kier molecular flexibility index (Phi) is 8.87. The summed E-state index contributed by atoms with van der Waals surface area (Å²) in [6.07, 6.45) is 0.144. The van der Waals surface area contributed by atoms with Gasteiger partial charge in [-0.25, -0.2) is 4.79 Å². The Hall–Kier alpha value is -2.32. The summed E-state index contributed by atoms with van der Waals surface area (Å²) in [6.45, 7) is 13.7. The Balaban J connectivity index is 2.35. The number of alkyl carbamates (subject to hydrolysis) is 1. The molecule has 1 aromatic rings. The molecule has 0 unspecified atom stereocenters. The van der Waals surface area contributed by atoms with Crippen LogP contribution < -0.4 is 16.0 Å². The number of amides is 1. The lowest BCUT2D eigenvalue weighted by Gasteiger charge is -2.19. The molecule has 9 heteroatoms. The van der Waals surface area contributed by atoms with E-state index < -0.39 is 11.7 Å². The molecule has 148 valence electrons. The van der Waals surface area contributed by atoms with Crippen LogP contribution in [0, 0.1) is 0 Å². The molecule has 1 rings (SSSR count). The van der Waals surface area contributed by atoms with Crippen molar-refractivity contribution < 1.29 is 14.1 Å². The van der Waals surface area contributed by atoms with Crippen molar-refractivity contribution in [2.75, 3.05) is 26.2 Å². The SMILES string of the molecule is CCNC(=NCCc1nc(C(C)C)no1)NCCNC(=O)OC(C)(C)C. The molecule has 0 fully saturated rings. The third-order valence-corrected chi connectivity index (χ3v) is 3.03. The van der Waals surface area contributed by atoms with E-state index in [9.17, 15) is 4.79 Å². The molecule has 0 atom stereocenters. The van der Waals surface area contributed by atoms with Gasteiger partial charge in [0.05, 0.1) is 6.54 Å². The van der Waals surface area contributed by atoms with Gasteiger partial charge in [0.2, 0.25) is 5.89 Å². The smallest absolute Gasteiger partial charge is 0.407 e. The number of carbonyl (C=O) groups is 1. The summed E-state index contributed by atoms with van der Waals surface area (Å²) in [5.74, 6) is 2.21. The number of aromatic nitrogens is 2. The Morgan fingerprint density at radius 3 is 2.50 bits per heavy atom. The molecule has 9 nitrogen and oxygen atoms in total. The van der Waals surface area contributed by atoms with Crippen LogP contribution in [0.2, 0.25) is 0 Å². The summed E-state index contributed by atoms with van der Waals surface area (Å²) in [5, 5.41) is 12.9. The van der Waals surface area contributed by atoms with Gasteiger partial charge < -0.3 is 25.2 Å². The van der Waals surface area contributed by atoms with E-state index in [-0.39, 0.29) is 5.92 Å². The summed E-state index contributed by atoms with van der Waals surface area (Å²) >= 11 is 0. The number of hydrogen-bond donors (Lipinski definition) is 3. The second-order valence-corrected chi connectivity index (χ2v) is 7.07. The molecular formula is C17H32N6O3. The third kappa shape index (κ3) is 9.24. The number of hydrogen-bond acceptors (Lipinski definition) is 6. The molecule has 0 aromatic carbocycles. The number of nitrogens with one attached hydrogen (secondary N) is 3. The van der Waals surface area contributed by atoms with Gasteiger partial charge in [0.15, 0.2) is 11.8 Å². The number of aliphatic imine (C=N–C) groups is 1. The maximum atomic E-state index is 11.6. The van der Waals surface area contributed by atoms with Crippen molar-refractivity contribution in [2.45, 2.75) is 59.5 Å². The summed E-state index contributed by atoms with van der Waals surface area (Å²) in [6, 6.07) is 0. The van der Waals surface area contributed by atoms with E-state index in [2.05, 4.69) is 31.1 Å². The predicted octanol–water partition coefficient (Wildman–Crippen LogP) is 1.82. The zero-order chi connectivity index (χ0) is 19.6. The van der Waals surface area contributed by atoms with E-state index in [1.807, 2.05) is 41.5 Å². The van der Waals surface area contributed by atoms with Crippen LogP contribution in [0.4, 0.5) is 4.79 Å². The van der Waals surface area contributed by atoms with Gasteiger partial charge in [0.25, 0.3) is 0 Å². The van der Waals surface area contributed by atoms with Gasteiger partial charge in [-0.2, -0.15) is 4.98 Å². The van der Waals surface area contributed by atoms with Gasteiger partial charge in [0, 0.05) is 32.0 Å². The van der Waals surface area contributed by atoms with Crippen molar-refractivity contribution >= 4 is 12.1 Å². The summed E-state index contributed by atoms with van der Waals surface area (Å²) in [7, 11) is 0. The average molecular weight is 368 g/mol. The largest absolute Gasteiger partial charge is 0.444 e. The molecule has 26 heavy (non-hydrogen) atoms. The molecule has 0 saturated carbocycles. The average Bonchev–Trinajstić information content (AvgIpc) is 2.99. The van der Waals surface area contributed by atoms with Crippen molar-refractivity contribution in [2.24, 2.45) is 4.99 Å². The van der Waals surface area contributed by atoms with Gasteiger partial charge >= 0.3 is 6.09 Å². The van der Waals surface area contributed by atoms with E-state index in [0.29, 0.717) is 43.7 Å². The first-order valence-corrected chi connectivity index (χ1v) is 9.02. The summed E-state index contributed by atoms with van der Waals surface area (Å²) < 4.78 is 10.4. The lowest BCUT2D eigenvalue weighted by molar-refractivity contribution is 0.0529. The Morgan fingerprint density at radius 2 is 1.92 bits per heavy atom. The first-order chi connectivity index (χ1) is 12.2. The summed E-state index contributed by atoms with van der Waals surface area (Å²) in [4.78, 5) is 20.4. The molecule has 1 heterocycles. The maximum Gasteiger partial charge on any atom is 0.407 e. The van der Waals surface area contributed by atoms with Crippen LogP contribution >= 0.6 is 0 Å². The second kappa shape index (κ2) is 10.6. The van der Waals surface area contributed by atoms with Gasteiger partial charge in [-0.3, -0.25) is 4.99 Å². The highest BCUT2D eigenvalue weighted by Gasteiger charge is 2.15. The Morgan fingerprint density at radius 1 is 1.23 bits per heavy atom. The Bertz CT molecular complexity index is 577. The topological polar surface area (TPSA) is 114 Å². The van der Waals surface area contributed by atoms with Gasteiger partial charge in [-0.05, 0) is 27.7 Å². The molecule has 0 spiro atoms. The van der Waals surface area contributed by atoms with Crippen LogP contribution in [-0.2, 0) is 11.2 Å². The molecule has 0 radical (unpaired) electrons. The van der Waals surface area contributed by atoms with E-state index in [4.69, 9.17) is 9.26 Å². The van der Waals surface area contributed by atoms with Crippen molar-refractivity contribution in [1.82, 2.24) is 26.1 Å². The zero-order valence-electron chi connectivity index (χ0n) is 16.7. The molecule has 1 amide bonds. The minimum Gasteiger partial charge on any atom is -0.444 e. The fraction of sp³-hybridized carbons (Fsp3) is 0.765. The molecule has 0 saturated heterocycles. The summed E-state index contributed by atoms with van der Waals surface area (Å²) in [5.41, 5.74) is -0.502. The van der Waals surface area contributed by atoms with Crippen LogP contribution in [0.5, 0.6) is 0 Å². The number of guanidine groups is 1. The highest BCUT2D eigenvalue weighted by molar-refractivity contribution is 5.79. The minimum absolute atomic E-state index is 0.243. The van der Waals surface area contributed by atoms with E-state index in [1.165, 1.54) is 0 Å². The maximum absolute atomic E-state index is 11.6. The van der Waals surface area contributed by atoms with Gasteiger partial charge in [-0.1, -0.05) is 19.0 Å². The van der Waals surface area contributed by atoms with E-state index in [1.54, 1.807) is 0 Å². The van der Waals surface area contributed by atoms with E-state index in [0.717, 1.165) is 6.54 Å². The van der Waals surface area contributed by atoms with Crippen molar-refractivity contribution in [3.63, 3.8) is 0 Å². The van der Waals surface area contributed by atoms with Crippen LogP contribution in [0.25, 0.3) is 0 Å². The fourth-order valence-electron chi connectivity index (χ4n) is 1.87. The first-order valence-electron chi connectivity index (χ1n) is 9.02. The molecule has 0 aliphatic carbocycles. The van der Waals surface area contributed by atoms with E-state index >= 15 is 0 Å². The van der Waals surface area contributed by atoms with Crippen molar-refractivity contribution in [3.05, 3.63) is 11.7 Å². The molecule has 0 bridgehead atoms. The first kappa shape index (κ1) is 21.7. The quantitative estimate of drug-likeness (QED) is 0.364. The fourth-order valence-corrected chi connectivity index (χ4v) is 1.87. The van der Waals surface area contributed by atoms with Crippen LogP contribution in [0.3, 0.4) is 0 Å². The normalized spacial score (nSPS) is 12.2. The van der Waals surface area contributed by atoms with Gasteiger partial charge in [0.1, 0.15) is 5.60 Å². The lowest BCUT2D eigenvalue weighted by Crippen LogP contribution is -2.42. The lowest BCUT2D eigenvalue weighted by atomic mass is 10.2. The predicted molar refractivity (Wildman–Crippen MR) is 100 cm³/mol. The zero-order valence-corrected chi connectivity index (χ0v) is 16.7. The number of rotatable bonds is 8. The second-order valence-electron chi connectivity index (χ2n) is 7.07. The monoisotopic (exact) mass is 368 g/mol.